The number of nitrogens with one attached hydrogen (secondary N) is 1. The van der Waals surface area contributed by atoms with Crippen LogP contribution in [-0.2, 0) is 22.4 Å². The molecule has 7 rings (SSSR count). The zero-order valence-corrected chi connectivity index (χ0v) is 31.3. The molecular formula is C42H38Br2N4O3. The third kappa shape index (κ3) is 8.08. The summed E-state index contributed by atoms with van der Waals surface area (Å²) >= 11 is 7.23. The molecule has 5 aromatic carbocycles. The Morgan fingerprint density at radius 3 is 2.10 bits per heavy atom. The summed E-state index contributed by atoms with van der Waals surface area (Å²) in [5, 5.41) is 2.94. The lowest BCUT2D eigenvalue weighted by Gasteiger charge is -2.15. The maximum absolute atomic E-state index is 12.9. The van der Waals surface area contributed by atoms with Crippen LogP contribution in [0.15, 0.2) is 124 Å². The van der Waals surface area contributed by atoms with E-state index in [1.807, 2.05) is 24.3 Å². The van der Waals surface area contributed by atoms with Crippen molar-refractivity contribution in [3.05, 3.63) is 146 Å². The van der Waals surface area contributed by atoms with Gasteiger partial charge in [0.05, 0.1) is 37.8 Å². The fourth-order valence-corrected chi connectivity index (χ4v) is 7.02. The van der Waals surface area contributed by atoms with Crippen LogP contribution in [0.1, 0.15) is 27.0 Å². The van der Waals surface area contributed by atoms with Crippen LogP contribution in [0, 0.1) is 0 Å². The summed E-state index contributed by atoms with van der Waals surface area (Å²) in [6, 6.07) is 39.9. The Bertz CT molecular complexity index is 2130. The van der Waals surface area contributed by atoms with Crippen molar-refractivity contribution in [2.75, 3.05) is 39.5 Å². The predicted octanol–water partition coefficient (Wildman–Crippen LogP) is 8.75. The molecule has 0 unspecified atom stereocenters. The van der Waals surface area contributed by atoms with Crippen LogP contribution in [-0.4, -0.2) is 55.0 Å². The summed E-state index contributed by atoms with van der Waals surface area (Å²) in [5.41, 5.74) is 17.4. The van der Waals surface area contributed by atoms with Crippen molar-refractivity contribution in [1.29, 1.82) is 0 Å². The van der Waals surface area contributed by atoms with Crippen LogP contribution < -0.4 is 11.1 Å². The molecule has 1 aliphatic rings. The first kappa shape index (κ1) is 35.0. The van der Waals surface area contributed by atoms with E-state index < -0.39 is 0 Å². The minimum absolute atomic E-state index is 0.139. The van der Waals surface area contributed by atoms with Crippen molar-refractivity contribution in [1.82, 2.24) is 14.9 Å². The van der Waals surface area contributed by atoms with Crippen molar-refractivity contribution in [3.8, 4) is 45.0 Å². The lowest BCUT2D eigenvalue weighted by molar-refractivity contribution is 0.0511. The zero-order chi connectivity index (χ0) is 35.2. The van der Waals surface area contributed by atoms with E-state index in [2.05, 4.69) is 133 Å². The maximum Gasteiger partial charge on any atom is 0.251 e. The highest BCUT2D eigenvalue weighted by molar-refractivity contribution is 9.10. The van der Waals surface area contributed by atoms with E-state index in [0.29, 0.717) is 51.6 Å². The summed E-state index contributed by atoms with van der Waals surface area (Å²) in [6.07, 6.45) is 0.936. The molecule has 6 aromatic rings. The Morgan fingerprint density at radius 2 is 1.37 bits per heavy atom. The van der Waals surface area contributed by atoms with Gasteiger partial charge in [-0.05, 0) is 76.7 Å². The van der Waals surface area contributed by atoms with E-state index in [-0.39, 0.29) is 5.91 Å². The standard InChI is InChI=1S/C42H38Br2N4O3/c43-35-15-11-29(12-16-35)39-40(30-13-17-36(44)18-14-30)48(41(47-39)34-10-9-33-25-32-3-1-2-4-37(32)38(33)26-34)27-28-5-7-31(8-6-28)42(49)46-20-22-51-24-23-50-21-19-45/h1-18,26H,19-25,27,45H2,(H,46,49). The van der Waals surface area contributed by atoms with Crippen LogP contribution in [0.3, 0.4) is 0 Å². The van der Waals surface area contributed by atoms with E-state index in [0.717, 1.165) is 54.8 Å². The van der Waals surface area contributed by atoms with E-state index in [4.69, 9.17) is 20.2 Å². The molecule has 0 saturated carbocycles. The molecule has 0 spiro atoms. The average molecular weight is 807 g/mol. The van der Waals surface area contributed by atoms with Gasteiger partial charge in [0, 0.05) is 50.8 Å². The molecule has 0 fully saturated rings. The van der Waals surface area contributed by atoms with Crippen LogP contribution in [0.25, 0.3) is 45.0 Å². The third-order valence-corrected chi connectivity index (χ3v) is 10.0. The van der Waals surface area contributed by atoms with Gasteiger partial charge in [0.1, 0.15) is 5.82 Å². The van der Waals surface area contributed by atoms with Gasteiger partial charge in [-0.3, -0.25) is 4.79 Å². The molecule has 9 heteroatoms. The monoisotopic (exact) mass is 804 g/mol. The molecule has 0 bridgehead atoms. The van der Waals surface area contributed by atoms with Crippen LogP contribution in [0.4, 0.5) is 0 Å². The number of amides is 1. The number of carbonyl (C=O) groups excluding carboxylic acids is 1. The van der Waals surface area contributed by atoms with Crippen molar-refractivity contribution < 1.29 is 14.3 Å². The highest BCUT2D eigenvalue weighted by atomic mass is 79.9. The summed E-state index contributed by atoms with van der Waals surface area (Å²) < 4.78 is 15.2. The van der Waals surface area contributed by atoms with Crippen molar-refractivity contribution in [3.63, 3.8) is 0 Å². The van der Waals surface area contributed by atoms with Gasteiger partial charge in [-0.15, -0.1) is 0 Å². The number of fused-ring (bicyclic) bond motifs is 3. The summed E-state index contributed by atoms with van der Waals surface area (Å²) in [5.74, 6) is 0.743. The number of nitrogens with two attached hydrogens (primary N) is 1. The number of halogens is 2. The largest absolute Gasteiger partial charge is 0.378 e. The second-order valence-corrected chi connectivity index (χ2v) is 14.2. The van der Waals surface area contributed by atoms with Gasteiger partial charge in [-0.1, -0.05) is 105 Å². The first-order valence-corrected chi connectivity index (χ1v) is 18.6. The molecule has 258 valence electrons. The second kappa shape index (κ2) is 16.3. The topological polar surface area (TPSA) is 91.4 Å². The van der Waals surface area contributed by atoms with Crippen LogP contribution >= 0.6 is 31.9 Å². The Balaban J connectivity index is 1.23. The Morgan fingerprint density at radius 1 is 0.725 bits per heavy atom. The number of nitrogens with zero attached hydrogens (tertiary/aromatic N) is 2. The molecule has 1 aliphatic carbocycles. The lowest BCUT2D eigenvalue weighted by Crippen LogP contribution is -2.27. The van der Waals surface area contributed by atoms with Gasteiger partial charge in [0.15, 0.2) is 0 Å². The Hall–Kier alpha value is -4.38. The lowest BCUT2D eigenvalue weighted by atomic mass is 10.0. The minimum atomic E-state index is -0.139. The Kier molecular flexibility index (Phi) is 11.2. The predicted molar refractivity (Wildman–Crippen MR) is 211 cm³/mol. The molecule has 1 aromatic heterocycles. The van der Waals surface area contributed by atoms with Crippen LogP contribution in [0.5, 0.6) is 0 Å². The normalized spacial score (nSPS) is 11.7. The molecular weight excluding hydrogens is 768 g/mol. The number of carbonyl (C=O) groups is 1. The fourth-order valence-electron chi connectivity index (χ4n) is 6.49. The SMILES string of the molecule is NCCOCCOCCNC(=O)c1ccc(Cn2c(-c3ccc4c(c3)-c3ccccc3C4)nc(-c3ccc(Br)cc3)c2-c2ccc(Br)cc2)cc1. The maximum atomic E-state index is 12.9. The van der Waals surface area contributed by atoms with Gasteiger partial charge in [-0.2, -0.15) is 0 Å². The summed E-state index contributed by atoms with van der Waals surface area (Å²) in [6.45, 7) is 3.33. The highest BCUT2D eigenvalue weighted by Crippen LogP contribution is 2.42. The first-order valence-electron chi connectivity index (χ1n) is 17.0. The number of ether oxygens (including phenoxy) is 2. The molecule has 51 heavy (non-hydrogen) atoms. The highest BCUT2D eigenvalue weighted by Gasteiger charge is 2.24. The molecule has 1 heterocycles. The van der Waals surface area contributed by atoms with E-state index in [9.17, 15) is 4.79 Å². The molecule has 3 N–H and O–H groups in total. The third-order valence-electron chi connectivity index (χ3n) is 8.98. The van der Waals surface area contributed by atoms with E-state index in [1.54, 1.807) is 0 Å². The number of benzene rings is 5. The number of hydrogen-bond donors (Lipinski definition) is 2. The van der Waals surface area contributed by atoms with Crippen LogP contribution in [0.2, 0.25) is 0 Å². The van der Waals surface area contributed by atoms with Crippen molar-refractivity contribution in [2.45, 2.75) is 13.0 Å². The molecule has 7 nitrogen and oxygen atoms in total. The van der Waals surface area contributed by atoms with E-state index in [1.165, 1.54) is 22.3 Å². The number of hydrogen-bond acceptors (Lipinski definition) is 5. The quantitative estimate of drug-likeness (QED) is 0.107. The second-order valence-electron chi connectivity index (χ2n) is 12.4. The molecule has 0 saturated heterocycles. The zero-order valence-electron chi connectivity index (χ0n) is 28.1. The number of rotatable bonds is 14. The average Bonchev–Trinajstić information content (AvgIpc) is 3.72. The Labute approximate surface area is 315 Å². The number of imidazole rings is 1. The van der Waals surface area contributed by atoms with E-state index >= 15 is 0 Å². The first-order chi connectivity index (χ1) is 25.0. The van der Waals surface area contributed by atoms with Crippen molar-refractivity contribution in [2.24, 2.45) is 5.73 Å². The van der Waals surface area contributed by atoms with Crippen molar-refractivity contribution >= 4 is 37.8 Å². The van der Waals surface area contributed by atoms with Gasteiger partial charge >= 0.3 is 0 Å². The molecule has 0 radical (unpaired) electrons. The minimum Gasteiger partial charge on any atom is -0.378 e. The van der Waals surface area contributed by atoms with Gasteiger partial charge < -0.3 is 25.1 Å². The fraction of sp³-hybridized carbons (Fsp3) is 0.190. The molecule has 0 aliphatic heterocycles. The number of aromatic nitrogens is 2. The van der Waals surface area contributed by atoms with Gasteiger partial charge in [0.2, 0.25) is 0 Å². The summed E-state index contributed by atoms with van der Waals surface area (Å²) in [7, 11) is 0. The molecule has 1 amide bonds. The summed E-state index contributed by atoms with van der Waals surface area (Å²) in [4.78, 5) is 18.3. The van der Waals surface area contributed by atoms with Gasteiger partial charge in [0.25, 0.3) is 5.91 Å². The smallest absolute Gasteiger partial charge is 0.251 e. The van der Waals surface area contributed by atoms with Gasteiger partial charge in [-0.25, -0.2) is 4.98 Å². The molecule has 0 atom stereocenters.